The Morgan fingerprint density at radius 1 is 1.38 bits per heavy atom. The first-order valence-electron chi connectivity index (χ1n) is 6.41. The SMILES string of the molecule is CC1CCC(O)(CNC(C)C(C)(C)O)CC1. The molecule has 0 bridgehead atoms. The molecule has 0 aromatic rings. The minimum absolute atomic E-state index is 0.00382. The molecule has 3 N–H and O–H groups in total. The Kier molecular flexibility index (Phi) is 4.38. The average molecular weight is 229 g/mol. The Bertz CT molecular complexity index is 214. The van der Waals surface area contributed by atoms with Crippen LogP contribution in [0.1, 0.15) is 53.4 Å². The molecule has 3 nitrogen and oxygen atoms in total. The smallest absolute Gasteiger partial charge is 0.0771 e. The van der Waals surface area contributed by atoms with Crippen LogP contribution in [0.25, 0.3) is 0 Å². The van der Waals surface area contributed by atoms with Crippen molar-refractivity contribution in [3.05, 3.63) is 0 Å². The van der Waals surface area contributed by atoms with Gasteiger partial charge in [-0.1, -0.05) is 6.92 Å². The number of nitrogens with one attached hydrogen (secondary N) is 1. The van der Waals surface area contributed by atoms with Gasteiger partial charge in [0.2, 0.25) is 0 Å². The van der Waals surface area contributed by atoms with Crippen molar-refractivity contribution in [1.82, 2.24) is 5.32 Å². The molecule has 1 saturated carbocycles. The molecule has 0 saturated heterocycles. The second-order valence-electron chi connectivity index (χ2n) is 6.16. The van der Waals surface area contributed by atoms with E-state index in [4.69, 9.17) is 0 Å². The zero-order chi connectivity index (χ0) is 12.4. The highest BCUT2D eigenvalue weighted by Gasteiger charge is 2.33. The summed E-state index contributed by atoms with van der Waals surface area (Å²) in [4.78, 5) is 0. The molecule has 1 aliphatic carbocycles. The molecule has 0 spiro atoms. The highest BCUT2D eigenvalue weighted by atomic mass is 16.3. The van der Waals surface area contributed by atoms with E-state index in [-0.39, 0.29) is 6.04 Å². The lowest BCUT2D eigenvalue weighted by molar-refractivity contribution is -0.0198. The first-order chi connectivity index (χ1) is 7.23. The summed E-state index contributed by atoms with van der Waals surface area (Å²) in [6.45, 7) is 8.36. The van der Waals surface area contributed by atoms with Gasteiger partial charge in [-0.3, -0.25) is 0 Å². The van der Waals surface area contributed by atoms with Crippen molar-refractivity contribution in [2.24, 2.45) is 5.92 Å². The summed E-state index contributed by atoms with van der Waals surface area (Å²) < 4.78 is 0. The van der Waals surface area contributed by atoms with Crippen molar-refractivity contribution < 1.29 is 10.2 Å². The third-order valence-electron chi connectivity index (χ3n) is 4.00. The number of hydrogen-bond donors (Lipinski definition) is 3. The Labute approximate surface area is 99.3 Å². The van der Waals surface area contributed by atoms with Crippen LogP contribution in [0.15, 0.2) is 0 Å². The molecule has 1 fully saturated rings. The largest absolute Gasteiger partial charge is 0.389 e. The monoisotopic (exact) mass is 229 g/mol. The van der Waals surface area contributed by atoms with Gasteiger partial charge in [0.25, 0.3) is 0 Å². The van der Waals surface area contributed by atoms with E-state index in [1.165, 1.54) is 0 Å². The second-order valence-corrected chi connectivity index (χ2v) is 6.16. The highest BCUT2D eigenvalue weighted by Crippen LogP contribution is 2.31. The lowest BCUT2D eigenvalue weighted by atomic mass is 9.79. The van der Waals surface area contributed by atoms with Crippen LogP contribution in [-0.2, 0) is 0 Å². The van der Waals surface area contributed by atoms with E-state index >= 15 is 0 Å². The van der Waals surface area contributed by atoms with E-state index in [0.29, 0.717) is 6.54 Å². The predicted molar refractivity (Wildman–Crippen MR) is 66.3 cm³/mol. The Hall–Kier alpha value is -0.120. The Morgan fingerprint density at radius 3 is 2.31 bits per heavy atom. The van der Waals surface area contributed by atoms with Gasteiger partial charge in [0.1, 0.15) is 0 Å². The van der Waals surface area contributed by atoms with Crippen molar-refractivity contribution in [1.29, 1.82) is 0 Å². The van der Waals surface area contributed by atoms with Crippen molar-refractivity contribution in [3.63, 3.8) is 0 Å². The highest BCUT2D eigenvalue weighted by molar-refractivity contribution is 4.89. The maximum atomic E-state index is 10.4. The molecule has 0 aromatic heterocycles. The number of hydrogen-bond acceptors (Lipinski definition) is 3. The van der Waals surface area contributed by atoms with Gasteiger partial charge in [0, 0.05) is 12.6 Å². The lowest BCUT2D eigenvalue weighted by Crippen LogP contribution is -2.51. The molecule has 1 aliphatic rings. The van der Waals surface area contributed by atoms with Gasteiger partial charge in [-0.25, -0.2) is 0 Å². The summed E-state index contributed by atoms with van der Waals surface area (Å²) in [5, 5.41) is 23.4. The van der Waals surface area contributed by atoms with E-state index in [9.17, 15) is 10.2 Å². The summed E-state index contributed by atoms with van der Waals surface area (Å²) in [5.74, 6) is 0.743. The lowest BCUT2D eigenvalue weighted by Gasteiger charge is -2.37. The normalized spacial score (nSPS) is 33.8. The predicted octanol–water partition coefficient (Wildman–Crippen LogP) is 1.68. The number of aliphatic hydroxyl groups is 2. The van der Waals surface area contributed by atoms with Crippen LogP contribution in [0.2, 0.25) is 0 Å². The van der Waals surface area contributed by atoms with E-state index < -0.39 is 11.2 Å². The molecule has 1 rings (SSSR count). The van der Waals surface area contributed by atoms with Crippen molar-refractivity contribution in [2.45, 2.75) is 70.6 Å². The maximum absolute atomic E-state index is 10.4. The van der Waals surface area contributed by atoms with Gasteiger partial charge < -0.3 is 15.5 Å². The van der Waals surface area contributed by atoms with Gasteiger partial charge in [-0.2, -0.15) is 0 Å². The molecule has 96 valence electrons. The zero-order valence-electron chi connectivity index (χ0n) is 11.1. The fourth-order valence-corrected chi connectivity index (χ4v) is 2.07. The van der Waals surface area contributed by atoms with Crippen LogP contribution < -0.4 is 5.32 Å². The third kappa shape index (κ3) is 4.04. The zero-order valence-corrected chi connectivity index (χ0v) is 11.1. The van der Waals surface area contributed by atoms with Crippen LogP contribution >= 0.6 is 0 Å². The summed E-state index contributed by atoms with van der Waals surface area (Å²) in [6, 6.07) is -0.00382. The van der Waals surface area contributed by atoms with Crippen molar-refractivity contribution >= 4 is 0 Å². The first kappa shape index (κ1) is 13.9. The summed E-state index contributed by atoms with van der Waals surface area (Å²) >= 11 is 0. The van der Waals surface area contributed by atoms with E-state index in [1.807, 2.05) is 6.92 Å². The fraction of sp³-hybridized carbons (Fsp3) is 1.00. The van der Waals surface area contributed by atoms with Crippen LogP contribution in [0.3, 0.4) is 0 Å². The van der Waals surface area contributed by atoms with E-state index in [2.05, 4.69) is 12.2 Å². The molecule has 3 heteroatoms. The van der Waals surface area contributed by atoms with Gasteiger partial charge in [-0.05, 0) is 52.4 Å². The molecular weight excluding hydrogens is 202 g/mol. The van der Waals surface area contributed by atoms with Gasteiger partial charge >= 0.3 is 0 Å². The Balaban J connectivity index is 2.37. The standard InChI is InChI=1S/C13H27NO2/c1-10-5-7-13(16,8-6-10)9-14-11(2)12(3,4)15/h10-11,14-16H,5-9H2,1-4H3. The van der Waals surface area contributed by atoms with Crippen LogP contribution in [0.5, 0.6) is 0 Å². The topological polar surface area (TPSA) is 52.5 Å². The van der Waals surface area contributed by atoms with Gasteiger partial charge in [0.15, 0.2) is 0 Å². The van der Waals surface area contributed by atoms with Crippen LogP contribution in [-0.4, -0.2) is 34.0 Å². The molecule has 0 radical (unpaired) electrons. The van der Waals surface area contributed by atoms with Crippen LogP contribution in [0, 0.1) is 5.92 Å². The molecule has 0 heterocycles. The molecule has 1 atom stereocenters. The first-order valence-corrected chi connectivity index (χ1v) is 6.41. The van der Waals surface area contributed by atoms with Crippen LogP contribution in [0.4, 0.5) is 0 Å². The third-order valence-corrected chi connectivity index (χ3v) is 4.00. The van der Waals surface area contributed by atoms with Gasteiger partial charge in [-0.15, -0.1) is 0 Å². The fourth-order valence-electron chi connectivity index (χ4n) is 2.07. The maximum Gasteiger partial charge on any atom is 0.0771 e. The summed E-state index contributed by atoms with van der Waals surface area (Å²) in [7, 11) is 0. The minimum atomic E-state index is -0.738. The quantitative estimate of drug-likeness (QED) is 0.687. The molecule has 0 aromatic carbocycles. The minimum Gasteiger partial charge on any atom is -0.389 e. The number of rotatable bonds is 4. The summed E-state index contributed by atoms with van der Waals surface area (Å²) in [5.41, 5.74) is -1.30. The molecular formula is C13H27NO2. The molecule has 0 amide bonds. The summed E-state index contributed by atoms with van der Waals surface area (Å²) in [6.07, 6.45) is 3.96. The van der Waals surface area contributed by atoms with E-state index in [0.717, 1.165) is 31.6 Å². The van der Waals surface area contributed by atoms with Crippen molar-refractivity contribution in [3.8, 4) is 0 Å². The molecule has 16 heavy (non-hydrogen) atoms. The molecule has 1 unspecified atom stereocenters. The Morgan fingerprint density at radius 2 is 1.88 bits per heavy atom. The van der Waals surface area contributed by atoms with Crippen molar-refractivity contribution in [2.75, 3.05) is 6.54 Å². The van der Waals surface area contributed by atoms with Gasteiger partial charge in [0.05, 0.1) is 11.2 Å². The average Bonchev–Trinajstić information content (AvgIpc) is 2.18. The molecule has 0 aliphatic heterocycles. The van der Waals surface area contributed by atoms with E-state index in [1.54, 1.807) is 13.8 Å². The second kappa shape index (κ2) is 5.03.